The minimum atomic E-state index is -0.243. The Bertz CT molecular complexity index is 825. The molecule has 0 saturated carbocycles. The smallest absolute Gasteiger partial charge is 0.319 e. The zero-order valence-electron chi connectivity index (χ0n) is 12.7. The molecule has 0 spiro atoms. The summed E-state index contributed by atoms with van der Waals surface area (Å²) >= 11 is 5.84. The minimum Gasteiger partial charge on any atom is -0.331 e. The van der Waals surface area contributed by atoms with Crippen LogP contribution in [-0.4, -0.2) is 6.03 Å². The molecule has 0 heterocycles. The number of carbonyl (C=O) groups excluding carboxylic acids is 1. The Kier molecular flexibility index (Phi) is 4.49. The average molecular weight is 325 g/mol. The largest absolute Gasteiger partial charge is 0.331 e. The molecule has 3 nitrogen and oxygen atoms in total. The fourth-order valence-corrected chi connectivity index (χ4v) is 2.73. The molecule has 0 aromatic heterocycles. The summed E-state index contributed by atoms with van der Waals surface area (Å²) in [4.78, 5) is 12.2. The van der Waals surface area contributed by atoms with E-state index in [1.165, 1.54) is 0 Å². The predicted octanol–water partition coefficient (Wildman–Crippen LogP) is 5.38. The number of urea groups is 1. The number of fused-ring (bicyclic) bond motifs is 1. The highest BCUT2D eigenvalue weighted by Gasteiger charge is 2.12. The number of nitrogens with one attached hydrogen (secondary N) is 2. The lowest BCUT2D eigenvalue weighted by atomic mass is 10.00. The lowest BCUT2D eigenvalue weighted by molar-refractivity contribution is 0.249. The molecule has 116 valence electrons. The summed E-state index contributed by atoms with van der Waals surface area (Å²) in [6.45, 7) is 1.98. The quantitative estimate of drug-likeness (QED) is 0.667. The van der Waals surface area contributed by atoms with Crippen LogP contribution in [0.15, 0.2) is 66.7 Å². The molecule has 3 aromatic rings. The van der Waals surface area contributed by atoms with Crippen molar-refractivity contribution in [3.63, 3.8) is 0 Å². The summed E-state index contributed by atoms with van der Waals surface area (Å²) < 4.78 is 0. The Labute approximate surface area is 140 Å². The Morgan fingerprint density at radius 1 is 0.957 bits per heavy atom. The van der Waals surface area contributed by atoms with Crippen molar-refractivity contribution in [3.05, 3.63) is 77.3 Å². The van der Waals surface area contributed by atoms with Crippen molar-refractivity contribution in [2.75, 3.05) is 5.32 Å². The normalized spacial score (nSPS) is 11.9. The van der Waals surface area contributed by atoms with Crippen LogP contribution in [0, 0.1) is 0 Å². The van der Waals surface area contributed by atoms with Gasteiger partial charge in [-0.05, 0) is 47.5 Å². The Morgan fingerprint density at radius 2 is 1.65 bits per heavy atom. The van der Waals surface area contributed by atoms with E-state index < -0.39 is 0 Å². The van der Waals surface area contributed by atoms with Crippen LogP contribution in [-0.2, 0) is 0 Å². The maximum Gasteiger partial charge on any atom is 0.319 e. The van der Waals surface area contributed by atoms with Gasteiger partial charge in [-0.3, -0.25) is 0 Å². The van der Waals surface area contributed by atoms with Crippen LogP contribution >= 0.6 is 11.6 Å². The van der Waals surface area contributed by atoms with Crippen molar-refractivity contribution in [2.24, 2.45) is 0 Å². The van der Waals surface area contributed by atoms with Gasteiger partial charge in [0.1, 0.15) is 0 Å². The van der Waals surface area contributed by atoms with Gasteiger partial charge in [-0.15, -0.1) is 0 Å². The predicted molar refractivity (Wildman–Crippen MR) is 96.0 cm³/mol. The molecule has 2 N–H and O–H groups in total. The van der Waals surface area contributed by atoms with Gasteiger partial charge in [0, 0.05) is 10.7 Å². The topological polar surface area (TPSA) is 41.1 Å². The molecule has 0 aliphatic heterocycles. The van der Waals surface area contributed by atoms with Gasteiger partial charge in [-0.25, -0.2) is 4.79 Å². The van der Waals surface area contributed by atoms with Crippen LogP contribution in [0.2, 0.25) is 5.02 Å². The molecule has 0 unspecified atom stereocenters. The van der Waals surface area contributed by atoms with Gasteiger partial charge in [-0.1, -0.05) is 54.1 Å². The average Bonchev–Trinajstić information content (AvgIpc) is 2.56. The Morgan fingerprint density at radius 3 is 2.43 bits per heavy atom. The van der Waals surface area contributed by atoms with Gasteiger partial charge < -0.3 is 10.6 Å². The SMILES string of the molecule is C[C@H](NC(=O)Nc1ccc(Cl)cc1)c1cccc2ccccc12. The number of amides is 2. The van der Waals surface area contributed by atoms with E-state index in [1.54, 1.807) is 24.3 Å². The second kappa shape index (κ2) is 6.71. The van der Waals surface area contributed by atoms with Crippen molar-refractivity contribution in [2.45, 2.75) is 13.0 Å². The summed E-state index contributed by atoms with van der Waals surface area (Å²) in [5.41, 5.74) is 1.80. The zero-order valence-corrected chi connectivity index (χ0v) is 13.5. The molecule has 0 fully saturated rings. The first kappa shape index (κ1) is 15.4. The van der Waals surface area contributed by atoms with Crippen LogP contribution in [0.4, 0.5) is 10.5 Å². The molecule has 0 aliphatic carbocycles. The van der Waals surface area contributed by atoms with Crippen LogP contribution in [0.1, 0.15) is 18.5 Å². The molecule has 0 saturated heterocycles. The molecule has 0 aliphatic rings. The minimum absolute atomic E-state index is 0.103. The van der Waals surface area contributed by atoms with E-state index in [1.807, 2.05) is 31.2 Å². The van der Waals surface area contributed by atoms with Crippen molar-refractivity contribution < 1.29 is 4.79 Å². The number of hydrogen-bond acceptors (Lipinski definition) is 1. The first-order valence-corrected chi connectivity index (χ1v) is 7.82. The van der Waals surface area contributed by atoms with E-state index in [0.29, 0.717) is 10.7 Å². The van der Waals surface area contributed by atoms with Crippen molar-refractivity contribution in [3.8, 4) is 0 Å². The third kappa shape index (κ3) is 3.63. The maximum absolute atomic E-state index is 12.2. The van der Waals surface area contributed by atoms with Gasteiger partial charge >= 0.3 is 6.03 Å². The summed E-state index contributed by atoms with van der Waals surface area (Å²) in [5.74, 6) is 0. The molecular weight excluding hydrogens is 308 g/mol. The summed E-state index contributed by atoms with van der Waals surface area (Å²) in [6, 6.07) is 20.9. The first-order chi connectivity index (χ1) is 11.1. The number of rotatable bonds is 3. The van der Waals surface area contributed by atoms with Gasteiger partial charge in [0.15, 0.2) is 0 Å². The van der Waals surface area contributed by atoms with Crippen molar-refractivity contribution in [1.82, 2.24) is 5.32 Å². The lowest BCUT2D eigenvalue weighted by Gasteiger charge is -2.17. The molecule has 3 rings (SSSR count). The number of anilines is 1. The second-order valence-corrected chi connectivity index (χ2v) is 5.83. The van der Waals surface area contributed by atoms with Crippen molar-refractivity contribution >= 4 is 34.1 Å². The monoisotopic (exact) mass is 324 g/mol. The molecule has 1 atom stereocenters. The number of benzene rings is 3. The van der Waals surface area contributed by atoms with Gasteiger partial charge in [0.05, 0.1) is 6.04 Å². The van der Waals surface area contributed by atoms with E-state index in [9.17, 15) is 4.79 Å². The molecule has 2 amide bonds. The highest BCUT2D eigenvalue weighted by Crippen LogP contribution is 2.24. The molecule has 3 aromatic carbocycles. The van der Waals surface area contributed by atoms with E-state index in [4.69, 9.17) is 11.6 Å². The molecule has 0 radical (unpaired) electrons. The Hall–Kier alpha value is -2.52. The van der Waals surface area contributed by atoms with E-state index in [-0.39, 0.29) is 12.1 Å². The lowest BCUT2D eigenvalue weighted by Crippen LogP contribution is -2.31. The van der Waals surface area contributed by atoms with Crippen LogP contribution < -0.4 is 10.6 Å². The van der Waals surface area contributed by atoms with Crippen LogP contribution in [0.3, 0.4) is 0 Å². The molecular formula is C19H17ClN2O. The highest BCUT2D eigenvalue weighted by atomic mass is 35.5. The van der Waals surface area contributed by atoms with E-state index in [2.05, 4.69) is 28.8 Å². The second-order valence-electron chi connectivity index (χ2n) is 5.40. The van der Waals surface area contributed by atoms with Crippen LogP contribution in [0.5, 0.6) is 0 Å². The third-order valence-electron chi connectivity index (χ3n) is 3.74. The van der Waals surface area contributed by atoms with Crippen LogP contribution in [0.25, 0.3) is 10.8 Å². The third-order valence-corrected chi connectivity index (χ3v) is 3.99. The van der Waals surface area contributed by atoms with Gasteiger partial charge in [-0.2, -0.15) is 0 Å². The molecule has 4 heteroatoms. The molecule has 23 heavy (non-hydrogen) atoms. The van der Waals surface area contributed by atoms with Gasteiger partial charge in [0.2, 0.25) is 0 Å². The number of carbonyl (C=O) groups is 1. The molecule has 0 bridgehead atoms. The maximum atomic E-state index is 12.2. The highest BCUT2D eigenvalue weighted by molar-refractivity contribution is 6.30. The van der Waals surface area contributed by atoms with E-state index >= 15 is 0 Å². The standard InChI is InChI=1S/C19H17ClN2O/c1-13(17-8-4-6-14-5-2-3-7-18(14)17)21-19(23)22-16-11-9-15(20)10-12-16/h2-13H,1H3,(H2,21,22,23)/t13-/m0/s1. The Balaban J connectivity index is 1.74. The van der Waals surface area contributed by atoms with Crippen molar-refractivity contribution in [1.29, 1.82) is 0 Å². The summed E-state index contributed by atoms with van der Waals surface area (Å²) in [6.07, 6.45) is 0. The fraction of sp³-hybridized carbons (Fsp3) is 0.105. The summed E-state index contributed by atoms with van der Waals surface area (Å²) in [7, 11) is 0. The number of halogens is 1. The number of hydrogen-bond donors (Lipinski definition) is 2. The van der Waals surface area contributed by atoms with E-state index in [0.717, 1.165) is 16.3 Å². The summed E-state index contributed by atoms with van der Waals surface area (Å²) in [5, 5.41) is 8.73. The first-order valence-electron chi connectivity index (χ1n) is 7.44. The fourth-order valence-electron chi connectivity index (χ4n) is 2.60. The zero-order chi connectivity index (χ0) is 16.2. The van der Waals surface area contributed by atoms with Gasteiger partial charge in [0.25, 0.3) is 0 Å².